The zero-order chi connectivity index (χ0) is 16.4. The molecule has 0 aromatic heterocycles. The highest BCUT2D eigenvalue weighted by molar-refractivity contribution is 5.76. The minimum atomic E-state index is 0.297. The molecule has 24 heavy (non-hydrogen) atoms. The van der Waals surface area contributed by atoms with Gasteiger partial charge >= 0.3 is 0 Å². The SMILES string of the molecule is O=C(CC1CC2CCC(C1)N2)NC1CCCC1Cc1ccccc1. The summed E-state index contributed by atoms with van der Waals surface area (Å²) < 4.78 is 0. The highest BCUT2D eigenvalue weighted by Crippen LogP contribution is 2.33. The lowest BCUT2D eigenvalue weighted by atomic mass is 9.89. The van der Waals surface area contributed by atoms with Gasteiger partial charge < -0.3 is 10.6 Å². The van der Waals surface area contributed by atoms with Crippen molar-refractivity contribution in [2.45, 2.75) is 75.9 Å². The normalized spacial score (nSPS) is 35.1. The fourth-order valence-corrected chi connectivity index (χ4v) is 5.26. The van der Waals surface area contributed by atoms with Gasteiger partial charge in [0.1, 0.15) is 0 Å². The molecule has 0 spiro atoms. The van der Waals surface area contributed by atoms with Crippen molar-refractivity contribution in [1.82, 2.24) is 10.6 Å². The van der Waals surface area contributed by atoms with Crippen molar-refractivity contribution in [2.24, 2.45) is 11.8 Å². The van der Waals surface area contributed by atoms with Crippen LogP contribution in [0.4, 0.5) is 0 Å². The molecule has 1 saturated carbocycles. The topological polar surface area (TPSA) is 41.1 Å². The van der Waals surface area contributed by atoms with Crippen LogP contribution in [0.3, 0.4) is 0 Å². The van der Waals surface area contributed by atoms with Crippen molar-refractivity contribution < 1.29 is 4.79 Å². The quantitative estimate of drug-likeness (QED) is 0.870. The Bertz CT molecular complexity index is 546. The van der Waals surface area contributed by atoms with Crippen molar-refractivity contribution in [2.75, 3.05) is 0 Å². The predicted octanol–water partition coefficient (Wildman–Crippen LogP) is 3.43. The predicted molar refractivity (Wildman–Crippen MR) is 96.7 cm³/mol. The minimum Gasteiger partial charge on any atom is -0.353 e. The summed E-state index contributed by atoms with van der Waals surface area (Å²) in [7, 11) is 0. The van der Waals surface area contributed by atoms with Crippen LogP contribution in [0.25, 0.3) is 0 Å². The number of carbonyl (C=O) groups is 1. The molecule has 1 aliphatic carbocycles. The standard InChI is InChI=1S/C21H30N2O/c24-21(14-16-12-18-9-10-19(13-16)22-18)23-20-8-4-7-17(20)11-15-5-2-1-3-6-15/h1-3,5-6,16-20,22H,4,7-14H2,(H,23,24). The number of rotatable bonds is 5. The molecule has 1 aromatic carbocycles. The van der Waals surface area contributed by atoms with Gasteiger partial charge in [-0.25, -0.2) is 0 Å². The first kappa shape index (κ1) is 16.1. The zero-order valence-electron chi connectivity index (χ0n) is 14.5. The van der Waals surface area contributed by atoms with E-state index in [9.17, 15) is 4.79 Å². The molecular weight excluding hydrogens is 296 g/mol. The van der Waals surface area contributed by atoms with Crippen LogP contribution in [0.2, 0.25) is 0 Å². The number of hydrogen-bond donors (Lipinski definition) is 2. The van der Waals surface area contributed by atoms with E-state index in [0.717, 1.165) is 19.3 Å². The Balaban J connectivity index is 1.28. The van der Waals surface area contributed by atoms with Crippen molar-refractivity contribution in [3.05, 3.63) is 35.9 Å². The van der Waals surface area contributed by atoms with Gasteiger partial charge in [-0.15, -0.1) is 0 Å². The second kappa shape index (κ2) is 7.26. The van der Waals surface area contributed by atoms with Crippen LogP contribution in [0.5, 0.6) is 0 Å². The zero-order valence-corrected chi connectivity index (χ0v) is 14.5. The average molecular weight is 326 g/mol. The molecular formula is C21H30N2O. The van der Waals surface area contributed by atoms with Crippen molar-refractivity contribution in [1.29, 1.82) is 0 Å². The summed E-state index contributed by atoms with van der Waals surface area (Å²) in [5, 5.41) is 7.06. The van der Waals surface area contributed by atoms with Gasteiger partial charge in [-0.2, -0.15) is 0 Å². The van der Waals surface area contributed by atoms with Gasteiger partial charge in [0.05, 0.1) is 0 Å². The third kappa shape index (κ3) is 3.83. The van der Waals surface area contributed by atoms with Gasteiger partial charge in [0.2, 0.25) is 5.91 Å². The van der Waals surface area contributed by atoms with Crippen molar-refractivity contribution in [3.8, 4) is 0 Å². The second-order valence-electron chi connectivity index (χ2n) is 8.23. The lowest BCUT2D eigenvalue weighted by Gasteiger charge is -2.29. The molecule has 2 bridgehead atoms. The number of amides is 1. The Morgan fingerprint density at radius 2 is 1.79 bits per heavy atom. The van der Waals surface area contributed by atoms with E-state index in [1.54, 1.807) is 0 Å². The molecule has 4 rings (SSSR count). The van der Waals surface area contributed by atoms with E-state index in [0.29, 0.717) is 35.9 Å². The van der Waals surface area contributed by atoms with E-state index in [1.165, 1.54) is 44.1 Å². The lowest BCUT2D eigenvalue weighted by Crippen LogP contribution is -2.42. The van der Waals surface area contributed by atoms with Crippen molar-refractivity contribution in [3.63, 3.8) is 0 Å². The van der Waals surface area contributed by atoms with Crippen LogP contribution in [0.1, 0.15) is 56.9 Å². The first-order chi connectivity index (χ1) is 11.8. The molecule has 0 radical (unpaired) electrons. The molecule has 3 aliphatic rings. The molecule has 1 aromatic rings. The summed E-state index contributed by atoms with van der Waals surface area (Å²) in [6, 6.07) is 12.5. The van der Waals surface area contributed by atoms with Crippen LogP contribution >= 0.6 is 0 Å². The van der Waals surface area contributed by atoms with Gasteiger partial charge in [-0.1, -0.05) is 36.8 Å². The number of nitrogens with one attached hydrogen (secondary N) is 2. The number of fused-ring (bicyclic) bond motifs is 2. The molecule has 4 unspecified atom stereocenters. The molecule has 130 valence electrons. The summed E-state index contributed by atoms with van der Waals surface area (Å²) in [6.07, 6.45) is 10.5. The van der Waals surface area contributed by atoms with Gasteiger partial charge in [-0.05, 0) is 62.3 Å². The van der Waals surface area contributed by atoms with E-state index in [1.807, 2.05) is 0 Å². The maximum atomic E-state index is 12.6. The van der Waals surface area contributed by atoms with Gasteiger partial charge in [0.15, 0.2) is 0 Å². The van der Waals surface area contributed by atoms with Crippen LogP contribution in [-0.2, 0) is 11.2 Å². The maximum absolute atomic E-state index is 12.6. The van der Waals surface area contributed by atoms with Crippen molar-refractivity contribution >= 4 is 5.91 Å². The average Bonchev–Trinajstić information content (AvgIpc) is 3.14. The molecule has 2 saturated heterocycles. The lowest BCUT2D eigenvalue weighted by molar-refractivity contribution is -0.123. The molecule has 2 N–H and O–H groups in total. The van der Waals surface area contributed by atoms with Crippen LogP contribution < -0.4 is 10.6 Å². The molecule has 2 aliphatic heterocycles. The van der Waals surface area contributed by atoms with Gasteiger partial charge in [-0.3, -0.25) is 4.79 Å². The molecule has 3 fully saturated rings. The molecule has 2 heterocycles. The number of benzene rings is 1. The summed E-state index contributed by atoms with van der Waals surface area (Å²) in [4.78, 5) is 12.6. The molecule has 1 amide bonds. The number of hydrogen-bond acceptors (Lipinski definition) is 2. The Kier molecular flexibility index (Phi) is 4.88. The Labute approximate surface area is 145 Å². The highest BCUT2D eigenvalue weighted by atomic mass is 16.1. The summed E-state index contributed by atoms with van der Waals surface area (Å²) >= 11 is 0. The Morgan fingerprint density at radius 1 is 1.04 bits per heavy atom. The molecule has 4 atom stereocenters. The minimum absolute atomic E-state index is 0.297. The summed E-state index contributed by atoms with van der Waals surface area (Å²) in [5.41, 5.74) is 1.40. The fourth-order valence-electron chi connectivity index (χ4n) is 5.26. The Morgan fingerprint density at radius 3 is 2.54 bits per heavy atom. The van der Waals surface area contributed by atoms with Gasteiger partial charge in [0.25, 0.3) is 0 Å². The van der Waals surface area contributed by atoms with Crippen LogP contribution in [0.15, 0.2) is 30.3 Å². The van der Waals surface area contributed by atoms with Crippen LogP contribution in [-0.4, -0.2) is 24.0 Å². The van der Waals surface area contributed by atoms with E-state index >= 15 is 0 Å². The Hall–Kier alpha value is -1.35. The monoisotopic (exact) mass is 326 g/mol. The first-order valence-corrected chi connectivity index (χ1v) is 9.85. The smallest absolute Gasteiger partial charge is 0.220 e. The van der Waals surface area contributed by atoms with E-state index in [2.05, 4.69) is 41.0 Å². The number of piperidine rings is 1. The number of carbonyl (C=O) groups excluding carboxylic acids is 1. The third-order valence-corrected chi connectivity index (χ3v) is 6.39. The van der Waals surface area contributed by atoms with E-state index in [4.69, 9.17) is 0 Å². The first-order valence-electron chi connectivity index (χ1n) is 9.85. The summed E-state index contributed by atoms with van der Waals surface area (Å²) in [6.45, 7) is 0. The molecule has 3 nitrogen and oxygen atoms in total. The second-order valence-corrected chi connectivity index (χ2v) is 8.23. The van der Waals surface area contributed by atoms with E-state index in [-0.39, 0.29) is 0 Å². The van der Waals surface area contributed by atoms with Crippen LogP contribution in [0, 0.1) is 11.8 Å². The summed E-state index contributed by atoms with van der Waals surface area (Å²) in [5.74, 6) is 1.50. The van der Waals surface area contributed by atoms with E-state index < -0.39 is 0 Å². The maximum Gasteiger partial charge on any atom is 0.220 e. The highest BCUT2D eigenvalue weighted by Gasteiger charge is 2.35. The fraction of sp³-hybridized carbons (Fsp3) is 0.667. The largest absolute Gasteiger partial charge is 0.353 e. The third-order valence-electron chi connectivity index (χ3n) is 6.39. The molecule has 3 heteroatoms. The van der Waals surface area contributed by atoms with Gasteiger partial charge in [0, 0.05) is 24.5 Å².